The number of benzene rings is 2. The molecule has 0 aliphatic carbocycles. The monoisotopic (exact) mass is 542 g/mol. The van der Waals surface area contributed by atoms with Crippen molar-refractivity contribution in [3.8, 4) is 22.5 Å². The van der Waals surface area contributed by atoms with Gasteiger partial charge in [-0.05, 0) is 28.3 Å². The molecule has 0 bridgehead atoms. The highest BCUT2D eigenvalue weighted by molar-refractivity contribution is 5.80. The van der Waals surface area contributed by atoms with Crippen molar-refractivity contribution < 1.29 is 9.53 Å². The van der Waals surface area contributed by atoms with E-state index in [1.807, 2.05) is 53.1 Å². The fourth-order valence-electron chi connectivity index (χ4n) is 4.81. The number of carbonyl (C=O) groups excluding carboxylic acids is 1. The van der Waals surface area contributed by atoms with E-state index in [0.29, 0.717) is 24.6 Å². The smallest absolute Gasteiger partial charge is 0.333 e. The van der Waals surface area contributed by atoms with E-state index < -0.39 is 17.2 Å². The Morgan fingerprint density at radius 3 is 2.42 bits per heavy atom. The van der Waals surface area contributed by atoms with Crippen LogP contribution in [0.25, 0.3) is 33.7 Å². The second-order valence-corrected chi connectivity index (χ2v) is 9.53. The number of carbonyl (C=O) groups is 1. The van der Waals surface area contributed by atoms with Gasteiger partial charge in [-0.15, -0.1) is 10.2 Å². The van der Waals surface area contributed by atoms with Crippen LogP contribution in [0.1, 0.15) is 37.6 Å². The second kappa shape index (κ2) is 11.5. The fourth-order valence-corrected chi connectivity index (χ4v) is 4.81. The van der Waals surface area contributed by atoms with Gasteiger partial charge < -0.3 is 9.30 Å². The normalized spacial score (nSPS) is 11.3. The summed E-state index contributed by atoms with van der Waals surface area (Å²) in [6.07, 6.45) is 3.55. The van der Waals surface area contributed by atoms with Gasteiger partial charge in [-0.2, -0.15) is 5.21 Å². The van der Waals surface area contributed by atoms with Gasteiger partial charge in [0.05, 0.1) is 7.11 Å². The van der Waals surface area contributed by atoms with Gasteiger partial charge in [0.15, 0.2) is 11.2 Å². The van der Waals surface area contributed by atoms with Gasteiger partial charge in [0.25, 0.3) is 5.56 Å². The Morgan fingerprint density at radius 1 is 1.00 bits per heavy atom. The number of tetrazole rings is 1. The van der Waals surface area contributed by atoms with E-state index in [9.17, 15) is 14.4 Å². The van der Waals surface area contributed by atoms with E-state index >= 15 is 0 Å². The van der Waals surface area contributed by atoms with Crippen LogP contribution in [0.3, 0.4) is 0 Å². The molecule has 0 radical (unpaired) electrons. The maximum absolute atomic E-state index is 13.4. The van der Waals surface area contributed by atoms with Crippen LogP contribution in [0.2, 0.25) is 0 Å². The van der Waals surface area contributed by atoms with Crippen molar-refractivity contribution in [1.29, 1.82) is 0 Å². The quantitative estimate of drug-likeness (QED) is 0.210. The summed E-state index contributed by atoms with van der Waals surface area (Å²) < 4.78 is 8.87. The first kappa shape index (κ1) is 26.7. The standard InChI is InChI=1S/C28H30N8O4/c1-4-5-6-11-22-29-26-24(27(38)34(2)28(39)36(26)17-23(37)40-3)35(22)16-18-12-14-19(15-13-18)20-9-7-8-10-21(20)25-30-32-33-31-25/h7-10,12-15H,4-6,11,16-17H2,1-3H3,(H,30,31,32,33). The van der Waals surface area contributed by atoms with Crippen LogP contribution in [-0.4, -0.2) is 52.4 Å². The van der Waals surface area contributed by atoms with E-state index in [4.69, 9.17) is 9.72 Å². The van der Waals surface area contributed by atoms with Crippen LogP contribution in [0.5, 0.6) is 0 Å². The number of aromatic nitrogens is 8. The Kier molecular flexibility index (Phi) is 7.67. The third-order valence-electron chi connectivity index (χ3n) is 6.95. The number of nitrogens with zero attached hydrogens (tertiary/aromatic N) is 7. The summed E-state index contributed by atoms with van der Waals surface area (Å²) in [5.74, 6) is 0.604. The van der Waals surface area contributed by atoms with Gasteiger partial charge in [-0.25, -0.2) is 9.78 Å². The molecule has 5 rings (SSSR count). The molecule has 5 aromatic rings. The van der Waals surface area contributed by atoms with Crippen molar-refractivity contribution in [3.63, 3.8) is 0 Å². The van der Waals surface area contributed by atoms with Gasteiger partial charge in [0.2, 0.25) is 5.82 Å². The molecule has 1 N–H and O–H groups in total. The molecule has 12 heteroatoms. The zero-order chi connectivity index (χ0) is 28.2. The van der Waals surface area contributed by atoms with Crippen molar-refractivity contribution in [2.45, 2.75) is 45.7 Å². The number of methoxy groups -OCH3 is 1. The number of esters is 1. The summed E-state index contributed by atoms with van der Waals surface area (Å²) in [4.78, 5) is 43.1. The molecule has 0 saturated carbocycles. The predicted molar refractivity (Wildman–Crippen MR) is 149 cm³/mol. The molecule has 0 aliphatic rings. The zero-order valence-electron chi connectivity index (χ0n) is 22.6. The van der Waals surface area contributed by atoms with E-state index in [-0.39, 0.29) is 17.7 Å². The highest BCUT2D eigenvalue weighted by atomic mass is 16.5. The molecule has 0 unspecified atom stereocenters. The maximum Gasteiger partial charge on any atom is 0.333 e. The molecule has 2 aromatic carbocycles. The lowest BCUT2D eigenvalue weighted by molar-refractivity contribution is -0.141. The second-order valence-electron chi connectivity index (χ2n) is 9.53. The first-order valence-electron chi connectivity index (χ1n) is 13.1. The molecular weight excluding hydrogens is 512 g/mol. The Hall–Kier alpha value is -4.87. The Bertz CT molecular complexity index is 1770. The molecule has 0 fully saturated rings. The highest BCUT2D eigenvalue weighted by Crippen LogP contribution is 2.30. The molecule has 206 valence electrons. The lowest BCUT2D eigenvalue weighted by Gasteiger charge is -2.12. The number of aromatic amines is 1. The third kappa shape index (κ3) is 5.07. The molecule has 3 aromatic heterocycles. The number of H-pyrrole nitrogens is 1. The fraction of sp³-hybridized carbons (Fsp3) is 0.321. The van der Waals surface area contributed by atoms with E-state index in [0.717, 1.165) is 46.1 Å². The molecular formula is C28H30N8O4. The predicted octanol–water partition coefficient (Wildman–Crippen LogP) is 2.70. The van der Waals surface area contributed by atoms with E-state index in [1.54, 1.807) is 0 Å². The molecule has 12 nitrogen and oxygen atoms in total. The van der Waals surface area contributed by atoms with Crippen LogP contribution < -0.4 is 11.2 Å². The van der Waals surface area contributed by atoms with Crippen LogP contribution in [0.4, 0.5) is 0 Å². The molecule has 3 heterocycles. The summed E-state index contributed by atoms with van der Waals surface area (Å²) in [6.45, 7) is 2.15. The summed E-state index contributed by atoms with van der Waals surface area (Å²) in [6, 6.07) is 15.8. The Labute approximate surface area is 229 Å². The molecule has 0 spiro atoms. The van der Waals surface area contributed by atoms with Crippen LogP contribution in [0.15, 0.2) is 58.1 Å². The molecule has 0 amide bonds. The average molecular weight is 543 g/mol. The van der Waals surface area contributed by atoms with Gasteiger partial charge in [-0.1, -0.05) is 68.3 Å². The third-order valence-corrected chi connectivity index (χ3v) is 6.95. The molecule has 0 aliphatic heterocycles. The zero-order valence-corrected chi connectivity index (χ0v) is 22.6. The van der Waals surface area contributed by atoms with Gasteiger partial charge in [0.1, 0.15) is 12.4 Å². The minimum atomic E-state index is -0.614. The van der Waals surface area contributed by atoms with Gasteiger partial charge in [-0.3, -0.25) is 18.7 Å². The highest BCUT2D eigenvalue weighted by Gasteiger charge is 2.22. The van der Waals surface area contributed by atoms with Gasteiger partial charge in [0, 0.05) is 25.6 Å². The van der Waals surface area contributed by atoms with E-state index in [2.05, 4.69) is 27.5 Å². The van der Waals surface area contributed by atoms with Crippen LogP contribution in [-0.2, 0) is 36.1 Å². The number of hydrogen-bond donors (Lipinski definition) is 1. The van der Waals surface area contributed by atoms with Crippen molar-refractivity contribution in [2.75, 3.05) is 7.11 Å². The van der Waals surface area contributed by atoms with Crippen LogP contribution in [0, 0.1) is 0 Å². The minimum Gasteiger partial charge on any atom is -0.468 e. The first-order valence-corrected chi connectivity index (χ1v) is 13.1. The Balaban J connectivity index is 1.57. The summed E-state index contributed by atoms with van der Waals surface area (Å²) in [5.41, 5.74) is 3.15. The van der Waals surface area contributed by atoms with Crippen molar-refractivity contribution >= 4 is 17.1 Å². The topological polar surface area (TPSA) is 143 Å². The molecule has 0 saturated heterocycles. The van der Waals surface area contributed by atoms with Gasteiger partial charge >= 0.3 is 11.7 Å². The number of fused-ring (bicyclic) bond motifs is 1. The maximum atomic E-state index is 13.4. The first-order chi connectivity index (χ1) is 19.4. The molecule has 40 heavy (non-hydrogen) atoms. The SMILES string of the molecule is CCCCCc1nc2c(c(=O)n(C)c(=O)n2CC(=O)OC)n1Cc1ccc(-c2ccccc2-c2nn[nH]n2)cc1. The van der Waals surface area contributed by atoms with Crippen molar-refractivity contribution in [3.05, 3.63) is 80.8 Å². The lowest BCUT2D eigenvalue weighted by atomic mass is 9.98. The lowest BCUT2D eigenvalue weighted by Crippen LogP contribution is -2.40. The van der Waals surface area contributed by atoms with Crippen LogP contribution >= 0.6 is 0 Å². The summed E-state index contributed by atoms with van der Waals surface area (Å²) in [7, 11) is 2.66. The number of hydrogen-bond acceptors (Lipinski definition) is 8. The summed E-state index contributed by atoms with van der Waals surface area (Å²) >= 11 is 0. The number of ether oxygens (including phenoxy) is 1. The van der Waals surface area contributed by atoms with E-state index in [1.165, 1.54) is 18.7 Å². The van der Waals surface area contributed by atoms with Crippen molar-refractivity contribution in [1.82, 2.24) is 39.3 Å². The largest absolute Gasteiger partial charge is 0.468 e. The average Bonchev–Trinajstić information content (AvgIpc) is 3.64. The minimum absolute atomic E-state index is 0.190. The number of imidazole rings is 1. The summed E-state index contributed by atoms with van der Waals surface area (Å²) in [5, 5.41) is 14.4. The molecule has 0 atom stereocenters. The number of aryl methyl sites for hydroxylation is 1. The Morgan fingerprint density at radius 2 is 1.75 bits per heavy atom. The van der Waals surface area contributed by atoms with Crippen molar-refractivity contribution in [2.24, 2.45) is 7.05 Å². The number of rotatable bonds is 10. The number of unbranched alkanes of at least 4 members (excludes halogenated alkanes) is 2. The number of nitrogens with one attached hydrogen (secondary N) is 1.